The molecule has 1 atom stereocenters. The van der Waals surface area contributed by atoms with Crippen LogP contribution < -0.4 is 19.8 Å². The summed E-state index contributed by atoms with van der Waals surface area (Å²) >= 11 is 0. The van der Waals surface area contributed by atoms with E-state index in [2.05, 4.69) is 10.5 Å². The first-order valence-corrected chi connectivity index (χ1v) is 8.05. The molecule has 1 aliphatic heterocycles. The van der Waals surface area contributed by atoms with E-state index in [1.54, 1.807) is 6.07 Å². The number of amides is 1. The van der Waals surface area contributed by atoms with E-state index in [0.717, 1.165) is 17.0 Å². The van der Waals surface area contributed by atoms with Crippen molar-refractivity contribution in [2.24, 2.45) is 5.10 Å². The van der Waals surface area contributed by atoms with Gasteiger partial charge in [-0.05, 0) is 36.8 Å². The van der Waals surface area contributed by atoms with E-state index < -0.39 is 6.10 Å². The maximum Gasteiger partial charge on any atom is 0.284 e. The quantitative estimate of drug-likeness (QED) is 0.686. The highest BCUT2D eigenvalue weighted by molar-refractivity contribution is 5.99. The van der Waals surface area contributed by atoms with E-state index in [-0.39, 0.29) is 12.5 Å². The second-order valence-electron chi connectivity index (χ2n) is 5.98. The molecular weight excluding hydrogens is 318 g/mol. The van der Waals surface area contributed by atoms with Crippen LogP contribution in [0.15, 0.2) is 53.6 Å². The molecule has 3 rings (SSSR count). The van der Waals surface area contributed by atoms with Crippen molar-refractivity contribution < 1.29 is 14.3 Å². The predicted molar refractivity (Wildman–Crippen MR) is 97.5 cm³/mol. The summed E-state index contributed by atoms with van der Waals surface area (Å²) in [6.45, 7) is 2.01. The predicted octanol–water partition coefficient (Wildman–Crippen LogP) is 2.43. The van der Waals surface area contributed by atoms with Crippen LogP contribution in [0.5, 0.6) is 11.5 Å². The lowest BCUT2D eigenvalue weighted by Gasteiger charge is -2.24. The fourth-order valence-corrected chi connectivity index (χ4v) is 2.42. The van der Waals surface area contributed by atoms with Crippen LogP contribution in [0.2, 0.25) is 0 Å². The number of carbonyl (C=O) groups is 1. The van der Waals surface area contributed by atoms with Crippen LogP contribution in [0.1, 0.15) is 12.5 Å². The number of hydrogen-bond acceptors (Lipinski definition) is 5. The van der Waals surface area contributed by atoms with Gasteiger partial charge in [0.2, 0.25) is 6.10 Å². The summed E-state index contributed by atoms with van der Waals surface area (Å²) in [4.78, 5) is 14.3. The van der Waals surface area contributed by atoms with Gasteiger partial charge < -0.3 is 14.4 Å². The van der Waals surface area contributed by atoms with Gasteiger partial charge >= 0.3 is 0 Å². The minimum absolute atomic E-state index is 0.162. The lowest BCUT2D eigenvalue weighted by Crippen LogP contribution is -2.42. The van der Waals surface area contributed by atoms with Crippen molar-refractivity contribution in [1.29, 1.82) is 0 Å². The maximum atomic E-state index is 12.3. The number of hydrazone groups is 1. The fourth-order valence-electron chi connectivity index (χ4n) is 2.42. The largest absolute Gasteiger partial charge is 0.485 e. The summed E-state index contributed by atoms with van der Waals surface area (Å²) in [7, 11) is 3.97. The molecule has 0 fully saturated rings. The van der Waals surface area contributed by atoms with E-state index in [9.17, 15) is 4.79 Å². The Hall–Kier alpha value is -3.02. The van der Waals surface area contributed by atoms with Gasteiger partial charge in [0.1, 0.15) is 6.61 Å². The minimum Gasteiger partial charge on any atom is -0.485 e. The molecule has 0 aromatic heterocycles. The van der Waals surface area contributed by atoms with Gasteiger partial charge in [0.05, 0.1) is 5.71 Å². The third kappa shape index (κ3) is 3.91. The molecule has 2 aromatic rings. The molecule has 1 amide bonds. The molecule has 0 bridgehead atoms. The summed E-state index contributed by atoms with van der Waals surface area (Å²) in [6.07, 6.45) is -0.720. The Balaban J connectivity index is 1.62. The number of ether oxygens (including phenoxy) is 2. The Morgan fingerprint density at radius 1 is 1.12 bits per heavy atom. The van der Waals surface area contributed by atoms with Crippen molar-refractivity contribution in [3.8, 4) is 11.5 Å². The summed E-state index contributed by atoms with van der Waals surface area (Å²) in [5.41, 5.74) is 5.32. The second-order valence-corrected chi connectivity index (χ2v) is 5.98. The van der Waals surface area contributed by atoms with Crippen molar-refractivity contribution in [3.63, 3.8) is 0 Å². The first-order chi connectivity index (χ1) is 12.0. The van der Waals surface area contributed by atoms with Crippen LogP contribution >= 0.6 is 0 Å². The summed E-state index contributed by atoms with van der Waals surface area (Å²) in [6, 6.07) is 15.2. The summed E-state index contributed by atoms with van der Waals surface area (Å²) in [5, 5.41) is 4.17. The smallest absolute Gasteiger partial charge is 0.284 e. The number of nitrogens with one attached hydrogen (secondary N) is 1. The van der Waals surface area contributed by atoms with Gasteiger partial charge in [0.15, 0.2) is 11.5 Å². The monoisotopic (exact) mass is 339 g/mol. The molecule has 0 saturated carbocycles. The summed E-state index contributed by atoms with van der Waals surface area (Å²) < 4.78 is 11.2. The molecule has 0 radical (unpaired) electrons. The van der Waals surface area contributed by atoms with E-state index in [1.165, 1.54) is 0 Å². The molecule has 6 nitrogen and oxygen atoms in total. The van der Waals surface area contributed by atoms with Gasteiger partial charge in [-0.15, -0.1) is 0 Å². The first kappa shape index (κ1) is 16.8. The van der Waals surface area contributed by atoms with E-state index in [1.807, 2.05) is 68.4 Å². The molecule has 0 aliphatic carbocycles. The topological polar surface area (TPSA) is 63.2 Å². The standard InChI is InChI=1S/C19H21N3O3/c1-13(14-8-10-15(11-9-14)22(2)3)20-21-19(23)18-12-24-16-6-4-5-7-17(16)25-18/h4-11,18H,12H2,1-3H3,(H,21,23)/b20-13-/t18-/m1/s1. The summed E-state index contributed by atoms with van der Waals surface area (Å²) in [5.74, 6) is 0.875. The Morgan fingerprint density at radius 3 is 2.48 bits per heavy atom. The van der Waals surface area contributed by atoms with E-state index in [0.29, 0.717) is 11.5 Å². The highest BCUT2D eigenvalue weighted by Gasteiger charge is 2.27. The van der Waals surface area contributed by atoms with Gasteiger partial charge in [0, 0.05) is 19.8 Å². The van der Waals surface area contributed by atoms with Gasteiger partial charge in [0.25, 0.3) is 5.91 Å². The highest BCUT2D eigenvalue weighted by atomic mass is 16.6. The lowest BCUT2D eigenvalue weighted by atomic mass is 10.1. The molecule has 1 aliphatic rings. The zero-order chi connectivity index (χ0) is 17.8. The molecule has 6 heteroatoms. The number of fused-ring (bicyclic) bond motifs is 1. The van der Waals surface area contributed by atoms with Crippen LogP contribution in [-0.2, 0) is 4.79 Å². The number of hydrogen-bond donors (Lipinski definition) is 1. The highest BCUT2D eigenvalue weighted by Crippen LogP contribution is 2.30. The zero-order valence-corrected chi connectivity index (χ0v) is 14.5. The average molecular weight is 339 g/mol. The number of carbonyl (C=O) groups excluding carboxylic acids is 1. The number of rotatable bonds is 4. The Labute approximate surface area is 147 Å². The third-order valence-corrected chi connectivity index (χ3v) is 3.94. The molecule has 0 unspecified atom stereocenters. The molecule has 1 heterocycles. The van der Waals surface area contributed by atoms with Crippen molar-refractivity contribution in [3.05, 3.63) is 54.1 Å². The molecule has 0 spiro atoms. The Kier molecular flexibility index (Phi) is 4.88. The van der Waals surface area contributed by atoms with Crippen LogP contribution in [0, 0.1) is 0 Å². The first-order valence-electron chi connectivity index (χ1n) is 8.05. The van der Waals surface area contributed by atoms with Gasteiger partial charge in [-0.3, -0.25) is 4.79 Å². The van der Waals surface area contributed by atoms with Crippen LogP contribution in [-0.4, -0.2) is 38.4 Å². The SMILES string of the molecule is C/C(=N/NC(=O)[C@H]1COc2ccccc2O1)c1ccc(N(C)C)cc1. The van der Waals surface area contributed by atoms with Gasteiger partial charge in [-0.1, -0.05) is 24.3 Å². The number of benzene rings is 2. The molecule has 1 N–H and O–H groups in total. The third-order valence-electron chi connectivity index (χ3n) is 3.94. The number of para-hydroxylation sites is 2. The van der Waals surface area contributed by atoms with Crippen molar-refractivity contribution in [2.45, 2.75) is 13.0 Å². The molecule has 2 aromatic carbocycles. The lowest BCUT2D eigenvalue weighted by molar-refractivity contribution is -0.130. The van der Waals surface area contributed by atoms with Gasteiger partial charge in [-0.2, -0.15) is 5.10 Å². The van der Waals surface area contributed by atoms with E-state index >= 15 is 0 Å². The molecule has 130 valence electrons. The fraction of sp³-hybridized carbons (Fsp3) is 0.263. The van der Waals surface area contributed by atoms with Crippen molar-refractivity contribution in [1.82, 2.24) is 5.43 Å². The van der Waals surface area contributed by atoms with Crippen LogP contribution in [0.4, 0.5) is 5.69 Å². The van der Waals surface area contributed by atoms with Crippen molar-refractivity contribution in [2.75, 3.05) is 25.6 Å². The van der Waals surface area contributed by atoms with Crippen molar-refractivity contribution >= 4 is 17.3 Å². The number of nitrogens with zero attached hydrogens (tertiary/aromatic N) is 2. The van der Waals surface area contributed by atoms with E-state index in [4.69, 9.17) is 9.47 Å². The maximum absolute atomic E-state index is 12.3. The Morgan fingerprint density at radius 2 is 1.80 bits per heavy atom. The van der Waals surface area contributed by atoms with Crippen LogP contribution in [0.3, 0.4) is 0 Å². The van der Waals surface area contributed by atoms with Gasteiger partial charge in [-0.25, -0.2) is 5.43 Å². The Bertz CT molecular complexity index is 785. The minimum atomic E-state index is -0.720. The zero-order valence-electron chi connectivity index (χ0n) is 14.5. The molecule has 25 heavy (non-hydrogen) atoms. The normalized spacial score (nSPS) is 16.3. The molecule has 0 saturated heterocycles. The average Bonchev–Trinajstić information content (AvgIpc) is 2.65. The molecular formula is C19H21N3O3. The number of anilines is 1. The van der Waals surface area contributed by atoms with Crippen LogP contribution in [0.25, 0.3) is 0 Å². The second kappa shape index (κ2) is 7.25.